The van der Waals surface area contributed by atoms with E-state index in [4.69, 9.17) is 0 Å². The van der Waals surface area contributed by atoms with Crippen molar-refractivity contribution in [2.24, 2.45) is 0 Å². The highest BCUT2D eigenvalue weighted by Gasteiger charge is 2.13. The van der Waals surface area contributed by atoms with Crippen LogP contribution >= 0.6 is 0 Å². The maximum absolute atomic E-state index is 12.3. The SMILES string of the molecule is Cc1cc(C)c(C(=O)NCCCN2CCNCC2)c(C)c1. The zero-order chi connectivity index (χ0) is 15.2. The molecule has 4 heteroatoms. The van der Waals surface area contributed by atoms with Gasteiger partial charge < -0.3 is 15.5 Å². The zero-order valence-electron chi connectivity index (χ0n) is 13.5. The zero-order valence-corrected chi connectivity index (χ0v) is 13.5. The fourth-order valence-electron chi connectivity index (χ4n) is 3.07. The van der Waals surface area contributed by atoms with Gasteiger partial charge in [-0.3, -0.25) is 4.79 Å². The molecular weight excluding hydrogens is 262 g/mol. The van der Waals surface area contributed by atoms with Gasteiger partial charge in [0.2, 0.25) is 0 Å². The Hall–Kier alpha value is -1.39. The molecule has 1 saturated heterocycles. The molecule has 1 aliphatic rings. The second kappa shape index (κ2) is 7.57. The first-order valence-electron chi connectivity index (χ1n) is 7.87. The molecule has 0 spiro atoms. The lowest BCUT2D eigenvalue weighted by Gasteiger charge is -2.27. The average molecular weight is 289 g/mol. The van der Waals surface area contributed by atoms with Crippen molar-refractivity contribution in [2.45, 2.75) is 27.2 Å². The number of hydrogen-bond acceptors (Lipinski definition) is 3. The largest absolute Gasteiger partial charge is 0.352 e. The Balaban J connectivity index is 1.79. The molecule has 2 rings (SSSR count). The standard InChI is InChI=1S/C17H27N3O/c1-13-11-14(2)16(15(3)12-13)17(21)19-5-4-8-20-9-6-18-7-10-20/h11-12,18H,4-10H2,1-3H3,(H,19,21). The van der Waals surface area contributed by atoms with Crippen LogP contribution in [0, 0.1) is 20.8 Å². The molecule has 0 aromatic heterocycles. The van der Waals surface area contributed by atoms with Crippen LogP contribution in [-0.4, -0.2) is 50.1 Å². The molecule has 0 unspecified atom stereocenters. The number of nitrogens with zero attached hydrogens (tertiary/aromatic N) is 1. The van der Waals surface area contributed by atoms with Crippen molar-refractivity contribution < 1.29 is 4.79 Å². The number of hydrogen-bond donors (Lipinski definition) is 2. The van der Waals surface area contributed by atoms with E-state index in [0.717, 1.165) is 62.4 Å². The van der Waals surface area contributed by atoms with E-state index in [1.807, 2.05) is 13.8 Å². The minimum absolute atomic E-state index is 0.0605. The number of carbonyl (C=O) groups excluding carboxylic acids is 1. The number of aryl methyl sites for hydroxylation is 3. The summed E-state index contributed by atoms with van der Waals surface area (Å²) in [5.74, 6) is 0.0605. The summed E-state index contributed by atoms with van der Waals surface area (Å²) in [7, 11) is 0. The Labute approximate surface area is 127 Å². The number of benzene rings is 1. The number of amides is 1. The van der Waals surface area contributed by atoms with Gasteiger partial charge >= 0.3 is 0 Å². The van der Waals surface area contributed by atoms with E-state index in [1.165, 1.54) is 5.56 Å². The molecule has 4 nitrogen and oxygen atoms in total. The van der Waals surface area contributed by atoms with Gasteiger partial charge in [-0.15, -0.1) is 0 Å². The highest BCUT2D eigenvalue weighted by Crippen LogP contribution is 2.16. The van der Waals surface area contributed by atoms with Gasteiger partial charge in [0.25, 0.3) is 5.91 Å². The van der Waals surface area contributed by atoms with E-state index < -0.39 is 0 Å². The maximum atomic E-state index is 12.3. The van der Waals surface area contributed by atoms with Gasteiger partial charge in [-0.1, -0.05) is 17.7 Å². The van der Waals surface area contributed by atoms with Gasteiger partial charge in [0.15, 0.2) is 0 Å². The third kappa shape index (κ3) is 4.55. The van der Waals surface area contributed by atoms with Crippen LogP contribution in [-0.2, 0) is 0 Å². The Morgan fingerprint density at radius 1 is 1.19 bits per heavy atom. The first-order chi connectivity index (χ1) is 10.1. The topological polar surface area (TPSA) is 44.4 Å². The lowest BCUT2D eigenvalue weighted by atomic mass is 9.99. The van der Waals surface area contributed by atoms with E-state index in [0.29, 0.717) is 0 Å². The van der Waals surface area contributed by atoms with Crippen molar-refractivity contribution in [3.63, 3.8) is 0 Å². The molecule has 1 fully saturated rings. The summed E-state index contributed by atoms with van der Waals surface area (Å²) in [5.41, 5.74) is 4.17. The van der Waals surface area contributed by atoms with Crippen molar-refractivity contribution in [3.8, 4) is 0 Å². The van der Waals surface area contributed by atoms with Crippen LogP contribution in [0.4, 0.5) is 0 Å². The smallest absolute Gasteiger partial charge is 0.251 e. The predicted molar refractivity (Wildman–Crippen MR) is 86.9 cm³/mol. The van der Waals surface area contributed by atoms with Crippen LogP contribution in [0.2, 0.25) is 0 Å². The summed E-state index contributed by atoms with van der Waals surface area (Å²) in [6.07, 6.45) is 1.01. The summed E-state index contributed by atoms with van der Waals surface area (Å²) in [6.45, 7) is 12.3. The van der Waals surface area contributed by atoms with Crippen LogP contribution in [0.25, 0.3) is 0 Å². The van der Waals surface area contributed by atoms with Crippen LogP contribution < -0.4 is 10.6 Å². The van der Waals surface area contributed by atoms with Crippen LogP contribution in [0.3, 0.4) is 0 Å². The summed E-state index contributed by atoms with van der Waals surface area (Å²) >= 11 is 0. The quantitative estimate of drug-likeness (QED) is 0.810. The Morgan fingerprint density at radius 2 is 1.81 bits per heavy atom. The van der Waals surface area contributed by atoms with Crippen LogP contribution in [0.5, 0.6) is 0 Å². The highest BCUT2D eigenvalue weighted by atomic mass is 16.1. The van der Waals surface area contributed by atoms with Crippen molar-refractivity contribution in [2.75, 3.05) is 39.3 Å². The van der Waals surface area contributed by atoms with E-state index in [2.05, 4.69) is 34.6 Å². The summed E-state index contributed by atoms with van der Waals surface area (Å²) < 4.78 is 0. The number of piperazine rings is 1. The third-order valence-electron chi connectivity index (χ3n) is 4.05. The van der Waals surface area contributed by atoms with Gasteiger partial charge in [0.1, 0.15) is 0 Å². The molecule has 21 heavy (non-hydrogen) atoms. The average Bonchev–Trinajstić information content (AvgIpc) is 2.43. The number of nitrogens with one attached hydrogen (secondary N) is 2. The normalized spacial score (nSPS) is 16.0. The van der Waals surface area contributed by atoms with Crippen molar-refractivity contribution in [3.05, 3.63) is 34.4 Å². The van der Waals surface area contributed by atoms with Gasteiger partial charge in [-0.25, -0.2) is 0 Å². The molecule has 2 N–H and O–H groups in total. The Morgan fingerprint density at radius 3 is 2.43 bits per heavy atom. The summed E-state index contributed by atoms with van der Waals surface area (Å²) in [5, 5.41) is 6.41. The molecule has 0 aliphatic carbocycles. The number of rotatable bonds is 5. The molecule has 1 aromatic carbocycles. The minimum Gasteiger partial charge on any atom is -0.352 e. The molecule has 0 saturated carbocycles. The van der Waals surface area contributed by atoms with Gasteiger partial charge in [0, 0.05) is 38.3 Å². The summed E-state index contributed by atoms with van der Waals surface area (Å²) in [6, 6.07) is 4.14. The van der Waals surface area contributed by atoms with Crippen molar-refractivity contribution in [1.29, 1.82) is 0 Å². The molecule has 1 heterocycles. The van der Waals surface area contributed by atoms with Crippen LogP contribution in [0.15, 0.2) is 12.1 Å². The molecule has 116 valence electrons. The second-order valence-corrected chi connectivity index (χ2v) is 5.97. The van der Waals surface area contributed by atoms with Gasteiger partial charge in [-0.2, -0.15) is 0 Å². The van der Waals surface area contributed by atoms with Crippen molar-refractivity contribution >= 4 is 5.91 Å². The minimum atomic E-state index is 0.0605. The lowest BCUT2D eigenvalue weighted by molar-refractivity contribution is 0.0950. The molecule has 1 aromatic rings. The molecule has 1 amide bonds. The molecule has 0 atom stereocenters. The highest BCUT2D eigenvalue weighted by molar-refractivity contribution is 5.97. The van der Waals surface area contributed by atoms with E-state index in [1.54, 1.807) is 0 Å². The van der Waals surface area contributed by atoms with E-state index in [-0.39, 0.29) is 5.91 Å². The lowest BCUT2D eigenvalue weighted by Crippen LogP contribution is -2.44. The van der Waals surface area contributed by atoms with E-state index in [9.17, 15) is 4.79 Å². The fraction of sp³-hybridized carbons (Fsp3) is 0.588. The Kier molecular flexibility index (Phi) is 5.76. The maximum Gasteiger partial charge on any atom is 0.251 e. The monoisotopic (exact) mass is 289 g/mol. The molecule has 0 radical (unpaired) electrons. The summed E-state index contributed by atoms with van der Waals surface area (Å²) in [4.78, 5) is 14.8. The third-order valence-corrected chi connectivity index (χ3v) is 4.05. The van der Waals surface area contributed by atoms with Gasteiger partial charge in [-0.05, 0) is 44.9 Å². The fourth-order valence-corrected chi connectivity index (χ4v) is 3.07. The van der Waals surface area contributed by atoms with Crippen LogP contribution in [0.1, 0.15) is 33.5 Å². The van der Waals surface area contributed by atoms with Crippen molar-refractivity contribution in [1.82, 2.24) is 15.5 Å². The molecule has 0 bridgehead atoms. The molecular formula is C17H27N3O. The predicted octanol–water partition coefficient (Wildman–Crippen LogP) is 1.64. The van der Waals surface area contributed by atoms with E-state index >= 15 is 0 Å². The first kappa shape index (κ1) is 16.0. The first-order valence-corrected chi connectivity index (χ1v) is 7.87. The van der Waals surface area contributed by atoms with Gasteiger partial charge in [0.05, 0.1) is 0 Å². The second-order valence-electron chi connectivity index (χ2n) is 5.97. The molecule has 1 aliphatic heterocycles. The Bertz CT molecular complexity index is 470. The number of carbonyl (C=O) groups is 1.